The van der Waals surface area contributed by atoms with Gasteiger partial charge in [0.25, 0.3) is 0 Å². The lowest BCUT2D eigenvalue weighted by atomic mass is 10.2. The van der Waals surface area contributed by atoms with Gasteiger partial charge in [-0.1, -0.05) is 26.0 Å². The van der Waals surface area contributed by atoms with Gasteiger partial charge in [-0.15, -0.1) is 0 Å². The van der Waals surface area contributed by atoms with E-state index in [4.69, 9.17) is 4.98 Å². The summed E-state index contributed by atoms with van der Waals surface area (Å²) in [5, 5.41) is 2.98. The monoisotopic (exact) mass is 314 g/mol. The van der Waals surface area contributed by atoms with Gasteiger partial charge in [0.05, 0.1) is 17.6 Å². The molecule has 0 unspecified atom stereocenters. The van der Waals surface area contributed by atoms with Crippen LogP contribution in [0.2, 0.25) is 0 Å². The highest BCUT2D eigenvalue weighted by Gasteiger charge is 2.22. The molecule has 0 spiro atoms. The standard InChI is InChI=1S/C18H26N4O/c1-13(2)11-22-16-7-5-4-6-15(16)20-17(22)12-21-9-8-18(23)19-10-14(21)3/h4-7,13-14H,8-12H2,1-3H3,(H,19,23)/t14-/m1/s1. The molecule has 1 aliphatic rings. The highest BCUT2D eigenvalue weighted by Crippen LogP contribution is 2.20. The minimum atomic E-state index is 0.148. The first kappa shape index (κ1) is 16.0. The Morgan fingerprint density at radius 1 is 1.35 bits per heavy atom. The molecule has 1 fully saturated rings. The summed E-state index contributed by atoms with van der Waals surface area (Å²) in [5.74, 6) is 1.81. The number of nitrogens with one attached hydrogen (secondary N) is 1. The lowest BCUT2D eigenvalue weighted by Crippen LogP contribution is -2.37. The number of para-hydroxylation sites is 2. The van der Waals surface area contributed by atoms with Gasteiger partial charge in [0.2, 0.25) is 5.91 Å². The molecule has 0 bridgehead atoms. The molecule has 5 heteroatoms. The average Bonchev–Trinajstić information content (AvgIpc) is 2.77. The van der Waals surface area contributed by atoms with Crippen LogP contribution in [0.25, 0.3) is 11.0 Å². The van der Waals surface area contributed by atoms with Crippen molar-refractivity contribution in [2.45, 2.75) is 46.3 Å². The van der Waals surface area contributed by atoms with Crippen LogP contribution in [0.5, 0.6) is 0 Å². The molecule has 1 aromatic carbocycles. The summed E-state index contributed by atoms with van der Waals surface area (Å²) in [6.45, 7) is 9.89. The Hall–Kier alpha value is -1.88. The van der Waals surface area contributed by atoms with Crippen molar-refractivity contribution in [2.75, 3.05) is 13.1 Å². The number of aromatic nitrogens is 2. The number of carbonyl (C=O) groups is 1. The molecule has 1 amide bonds. The maximum atomic E-state index is 11.6. The smallest absolute Gasteiger partial charge is 0.221 e. The van der Waals surface area contributed by atoms with Crippen molar-refractivity contribution in [3.63, 3.8) is 0 Å². The van der Waals surface area contributed by atoms with Gasteiger partial charge < -0.3 is 9.88 Å². The average molecular weight is 314 g/mol. The molecule has 2 aromatic rings. The number of carbonyl (C=O) groups excluding carboxylic acids is 1. The number of rotatable bonds is 4. The second-order valence-electron chi connectivity index (χ2n) is 6.89. The molecule has 1 saturated heterocycles. The molecule has 1 aromatic heterocycles. The van der Waals surface area contributed by atoms with Crippen LogP contribution < -0.4 is 5.32 Å². The number of hydrogen-bond acceptors (Lipinski definition) is 3. The van der Waals surface area contributed by atoms with Crippen LogP contribution in [0.15, 0.2) is 24.3 Å². The van der Waals surface area contributed by atoms with E-state index in [2.05, 4.69) is 53.8 Å². The first-order valence-corrected chi connectivity index (χ1v) is 8.49. The SMILES string of the molecule is CC(C)Cn1c(CN2CCC(=O)NC[C@H]2C)nc2ccccc21. The zero-order valence-electron chi connectivity index (χ0n) is 14.2. The molecule has 2 heterocycles. The van der Waals surface area contributed by atoms with Crippen LogP contribution in [0.1, 0.15) is 33.0 Å². The minimum absolute atomic E-state index is 0.148. The van der Waals surface area contributed by atoms with E-state index in [-0.39, 0.29) is 5.91 Å². The van der Waals surface area contributed by atoms with E-state index in [0.29, 0.717) is 24.9 Å². The van der Waals surface area contributed by atoms with Crippen molar-refractivity contribution in [1.82, 2.24) is 19.8 Å². The molecule has 124 valence electrons. The van der Waals surface area contributed by atoms with Crippen molar-refractivity contribution < 1.29 is 4.79 Å². The van der Waals surface area contributed by atoms with Crippen LogP contribution in [0.3, 0.4) is 0 Å². The number of imidazole rings is 1. The second-order valence-corrected chi connectivity index (χ2v) is 6.89. The summed E-state index contributed by atoms with van der Waals surface area (Å²) >= 11 is 0. The molecule has 0 aliphatic carbocycles. The van der Waals surface area contributed by atoms with Gasteiger partial charge in [-0.2, -0.15) is 0 Å². The Morgan fingerprint density at radius 2 is 2.13 bits per heavy atom. The van der Waals surface area contributed by atoms with E-state index in [0.717, 1.165) is 31.0 Å². The van der Waals surface area contributed by atoms with Crippen LogP contribution in [-0.4, -0.2) is 39.5 Å². The fourth-order valence-electron chi connectivity index (χ4n) is 3.18. The van der Waals surface area contributed by atoms with E-state index < -0.39 is 0 Å². The molecule has 0 radical (unpaired) electrons. The van der Waals surface area contributed by atoms with Gasteiger partial charge in [-0.3, -0.25) is 9.69 Å². The van der Waals surface area contributed by atoms with E-state index >= 15 is 0 Å². The van der Waals surface area contributed by atoms with Crippen molar-refractivity contribution in [3.8, 4) is 0 Å². The van der Waals surface area contributed by atoms with Crippen molar-refractivity contribution in [2.24, 2.45) is 5.92 Å². The van der Waals surface area contributed by atoms with E-state index in [1.807, 2.05) is 6.07 Å². The molecule has 23 heavy (non-hydrogen) atoms. The molecule has 3 rings (SSSR count). The van der Waals surface area contributed by atoms with Crippen molar-refractivity contribution in [1.29, 1.82) is 0 Å². The van der Waals surface area contributed by atoms with Crippen LogP contribution in [-0.2, 0) is 17.9 Å². The molecule has 0 saturated carbocycles. The van der Waals surface area contributed by atoms with Gasteiger partial charge in [-0.25, -0.2) is 4.98 Å². The van der Waals surface area contributed by atoms with Gasteiger partial charge in [-0.05, 0) is 25.0 Å². The number of nitrogens with zero attached hydrogens (tertiary/aromatic N) is 3. The molecular formula is C18H26N4O. The first-order valence-electron chi connectivity index (χ1n) is 8.49. The predicted molar refractivity (Wildman–Crippen MR) is 92.1 cm³/mol. The van der Waals surface area contributed by atoms with Crippen LogP contribution in [0.4, 0.5) is 0 Å². The Bertz CT molecular complexity index is 691. The maximum Gasteiger partial charge on any atom is 0.221 e. The maximum absolute atomic E-state index is 11.6. The summed E-state index contributed by atoms with van der Waals surface area (Å²) in [4.78, 5) is 18.8. The van der Waals surface area contributed by atoms with Crippen molar-refractivity contribution in [3.05, 3.63) is 30.1 Å². The topological polar surface area (TPSA) is 50.2 Å². The van der Waals surface area contributed by atoms with Gasteiger partial charge in [0, 0.05) is 32.1 Å². The molecule has 5 nitrogen and oxygen atoms in total. The summed E-state index contributed by atoms with van der Waals surface area (Å²) in [5.41, 5.74) is 2.26. The van der Waals surface area contributed by atoms with Crippen molar-refractivity contribution >= 4 is 16.9 Å². The number of fused-ring (bicyclic) bond motifs is 1. The largest absolute Gasteiger partial charge is 0.355 e. The molecule has 1 aliphatic heterocycles. The number of amides is 1. The normalized spacial score (nSPS) is 20.0. The molecule has 1 atom stereocenters. The molecule has 1 N–H and O–H groups in total. The third-order valence-electron chi connectivity index (χ3n) is 4.47. The van der Waals surface area contributed by atoms with E-state index in [1.54, 1.807) is 0 Å². The second kappa shape index (κ2) is 6.71. The van der Waals surface area contributed by atoms with E-state index in [9.17, 15) is 4.79 Å². The quantitative estimate of drug-likeness (QED) is 0.943. The summed E-state index contributed by atoms with van der Waals surface area (Å²) in [7, 11) is 0. The Morgan fingerprint density at radius 3 is 2.91 bits per heavy atom. The zero-order chi connectivity index (χ0) is 16.4. The first-order chi connectivity index (χ1) is 11.0. The Labute approximate surface area is 137 Å². The summed E-state index contributed by atoms with van der Waals surface area (Å²) < 4.78 is 2.34. The third-order valence-corrected chi connectivity index (χ3v) is 4.47. The lowest BCUT2D eigenvalue weighted by Gasteiger charge is -2.26. The fraction of sp³-hybridized carbons (Fsp3) is 0.556. The summed E-state index contributed by atoms with van der Waals surface area (Å²) in [6, 6.07) is 8.66. The Balaban J connectivity index is 1.90. The van der Waals surface area contributed by atoms with E-state index in [1.165, 1.54) is 5.52 Å². The van der Waals surface area contributed by atoms with Crippen LogP contribution >= 0.6 is 0 Å². The van der Waals surface area contributed by atoms with Gasteiger partial charge >= 0.3 is 0 Å². The minimum Gasteiger partial charge on any atom is -0.355 e. The predicted octanol–water partition coefficient (Wildman–Crippen LogP) is 2.40. The fourth-order valence-corrected chi connectivity index (χ4v) is 3.18. The lowest BCUT2D eigenvalue weighted by molar-refractivity contribution is -0.120. The molecular weight excluding hydrogens is 288 g/mol. The van der Waals surface area contributed by atoms with Gasteiger partial charge in [0.1, 0.15) is 5.82 Å². The summed E-state index contributed by atoms with van der Waals surface area (Å²) in [6.07, 6.45) is 0.564. The van der Waals surface area contributed by atoms with Crippen LogP contribution in [0, 0.1) is 5.92 Å². The zero-order valence-corrected chi connectivity index (χ0v) is 14.2. The highest BCUT2D eigenvalue weighted by molar-refractivity contribution is 5.76. The van der Waals surface area contributed by atoms with Gasteiger partial charge in [0.15, 0.2) is 0 Å². The third kappa shape index (κ3) is 3.55. The number of benzene rings is 1. The Kier molecular flexibility index (Phi) is 4.66. The highest BCUT2D eigenvalue weighted by atomic mass is 16.1. The number of hydrogen-bond donors (Lipinski definition) is 1.